The fraction of sp³-hybridized carbons (Fsp3) is 0. The lowest BCUT2D eigenvalue weighted by molar-refractivity contribution is 1.66. The number of rotatable bonds is 2. The third kappa shape index (κ3) is 3.03. The maximum Gasteiger partial charge on any atom is 0.0542 e. The molecule has 0 saturated carbocycles. The lowest BCUT2D eigenvalue weighted by Gasteiger charge is -2.03. The Labute approximate surface area is 191 Å². The van der Waals surface area contributed by atoms with E-state index in [1.165, 1.54) is 40.7 Å². The van der Waals surface area contributed by atoms with Crippen molar-refractivity contribution in [3.05, 3.63) is 95.0 Å². The first-order valence-corrected chi connectivity index (χ1v) is 12.0. The third-order valence-corrected chi connectivity index (χ3v) is 8.37. The summed E-state index contributed by atoms with van der Waals surface area (Å²) in [6.07, 6.45) is 0. The molecule has 0 aliphatic heterocycles. The zero-order valence-electron chi connectivity index (χ0n) is 15.7. The first-order chi connectivity index (χ1) is 14.7. The van der Waals surface area contributed by atoms with E-state index < -0.39 is 0 Å². The van der Waals surface area contributed by atoms with E-state index in [-0.39, 0.29) is 0 Å². The fourth-order valence-electron chi connectivity index (χ4n) is 3.95. The van der Waals surface area contributed by atoms with Gasteiger partial charge in [-0.05, 0) is 58.7 Å². The van der Waals surface area contributed by atoms with Crippen molar-refractivity contribution < 1.29 is 0 Å². The smallest absolute Gasteiger partial charge is 0.0542 e. The first kappa shape index (κ1) is 18.4. The number of hydrogen-bond donors (Lipinski definition) is 0. The zero-order valence-corrected chi connectivity index (χ0v) is 18.8. The largest absolute Gasteiger partial charge is 0.134 e. The molecule has 6 aromatic rings. The highest BCUT2D eigenvalue weighted by atomic mass is 35.5. The van der Waals surface area contributed by atoms with Crippen molar-refractivity contribution >= 4 is 75.4 Å². The summed E-state index contributed by atoms with van der Waals surface area (Å²) in [6, 6.07) is 29.5. The van der Waals surface area contributed by atoms with Crippen LogP contribution in [0.2, 0.25) is 10.0 Å². The van der Waals surface area contributed by atoms with Crippen LogP contribution < -0.4 is 0 Å². The number of halogens is 2. The molecule has 4 aromatic carbocycles. The summed E-state index contributed by atoms with van der Waals surface area (Å²) in [5.41, 5.74) is 4.70. The fourth-order valence-corrected chi connectivity index (χ4v) is 7.06. The molecule has 6 rings (SSSR count). The molecule has 0 spiro atoms. The van der Waals surface area contributed by atoms with Crippen LogP contribution in [0.25, 0.3) is 51.8 Å². The molecule has 0 aliphatic carbocycles. The van der Waals surface area contributed by atoms with Crippen LogP contribution in [0, 0.1) is 0 Å². The summed E-state index contributed by atoms with van der Waals surface area (Å²) in [5.74, 6) is 0. The summed E-state index contributed by atoms with van der Waals surface area (Å²) in [7, 11) is 0. The van der Waals surface area contributed by atoms with Crippen LogP contribution in [-0.4, -0.2) is 0 Å². The van der Waals surface area contributed by atoms with Crippen molar-refractivity contribution in [2.75, 3.05) is 0 Å². The topological polar surface area (TPSA) is 0 Å². The number of hydrogen-bond acceptors (Lipinski definition) is 2. The Hall–Kier alpha value is -2.36. The van der Waals surface area contributed by atoms with Crippen molar-refractivity contribution in [2.24, 2.45) is 0 Å². The minimum absolute atomic E-state index is 0.765. The Morgan fingerprint density at radius 2 is 0.900 bits per heavy atom. The van der Waals surface area contributed by atoms with Crippen molar-refractivity contribution in [1.29, 1.82) is 0 Å². The van der Waals surface area contributed by atoms with E-state index in [0.29, 0.717) is 0 Å². The molecule has 30 heavy (non-hydrogen) atoms. The maximum atomic E-state index is 6.19. The monoisotopic (exact) mass is 460 g/mol. The van der Waals surface area contributed by atoms with Gasteiger partial charge in [-0.25, -0.2) is 0 Å². The molecule has 4 heteroatoms. The predicted molar refractivity (Wildman–Crippen MR) is 136 cm³/mol. The predicted octanol–water partition coefficient (Wildman–Crippen LogP) is 9.91. The highest BCUT2D eigenvalue weighted by Gasteiger charge is 2.14. The van der Waals surface area contributed by atoms with Gasteiger partial charge in [-0.2, -0.15) is 0 Å². The second-order valence-electron chi connectivity index (χ2n) is 7.30. The van der Waals surface area contributed by atoms with Gasteiger partial charge in [0.1, 0.15) is 0 Å². The molecule has 0 unspecified atom stereocenters. The minimum atomic E-state index is 0.765. The molecule has 2 aromatic heterocycles. The SMILES string of the molecule is Clc1cccc(-c2ccc3c(c2)sc2c4ccc(-c5cccc(Cl)c5)cc4sc32)c1. The highest BCUT2D eigenvalue weighted by Crippen LogP contribution is 2.46. The van der Waals surface area contributed by atoms with Gasteiger partial charge in [-0.15, -0.1) is 22.7 Å². The van der Waals surface area contributed by atoms with Gasteiger partial charge < -0.3 is 0 Å². The molecule has 0 N–H and O–H groups in total. The van der Waals surface area contributed by atoms with Crippen molar-refractivity contribution in [3.8, 4) is 22.3 Å². The minimum Gasteiger partial charge on any atom is -0.134 e. The average Bonchev–Trinajstić information content (AvgIpc) is 3.28. The van der Waals surface area contributed by atoms with E-state index >= 15 is 0 Å². The van der Waals surface area contributed by atoms with Gasteiger partial charge in [0.05, 0.1) is 9.40 Å². The van der Waals surface area contributed by atoms with Crippen LogP contribution in [0.3, 0.4) is 0 Å². The molecular weight excluding hydrogens is 447 g/mol. The van der Waals surface area contributed by atoms with E-state index in [9.17, 15) is 0 Å². The molecule has 0 aliphatic rings. The molecular formula is C26H14Cl2S2. The average molecular weight is 461 g/mol. The number of fused-ring (bicyclic) bond motifs is 5. The molecule has 0 radical (unpaired) electrons. The molecule has 2 heterocycles. The van der Waals surface area contributed by atoms with Crippen LogP contribution >= 0.6 is 45.9 Å². The van der Waals surface area contributed by atoms with Crippen molar-refractivity contribution in [3.63, 3.8) is 0 Å². The first-order valence-electron chi connectivity index (χ1n) is 9.56. The molecule has 0 bridgehead atoms. The zero-order chi connectivity index (χ0) is 20.2. The summed E-state index contributed by atoms with van der Waals surface area (Å²) in [6.45, 7) is 0. The standard InChI is InChI=1S/C26H14Cl2S2/c27-19-5-1-3-15(11-19)17-7-9-21-23(13-17)29-26-22-10-8-18(14-24(22)30-25(21)26)16-4-2-6-20(28)12-16/h1-14H. The Morgan fingerprint density at radius 3 is 1.33 bits per heavy atom. The van der Waals surface area contributed by atoms with Gasteiger partial charge in [0.2, 0.25) is 0 Å². The van der Waals surface area contributed by atoms with Gasteiger partial charge >= 0.3 is 0 Å². The lowest BCUT2D eigenvalue weighted by atomic mass is 10.0. The van der Waals surface area contributed by atoms with Gasteiger partial charge in [-0.1, -0.05) is 71.7 Å². The van der Waals surface area contributed by atoms with Gasteiger partial charge in [0, 0.05) is 30.2 Å². The normalized spacial score (nSPS) is 11.7. The second-order valence-corrected chi connectivity index (χ2v) is 10.3. The van der Waals surface area contributed by atoms with E-state index in [4.69, 9.17) is 23.2 Å². The lowest BCUT2D eigenvalue weighted by Crippen LogP contribution is -1.77. The van der Waals surface area contributed by atoms with E-state index in [0.717, 1.165) is 21.2 Å². The van der Waals surface area contributed by atoms with Crippen LogP contribution in [0.15, 0.2) is 84.9 Å². The van der Waals surface area contributed by atoms with Gasteiger partial charge in [0.15, 0.2) is 0 Å². The number of thiophene rings is 2. The summed E-state index contributed by atoms with van der Waals surface area (Å²) < 4.78 is 5.36. The molecule has 0 atom stereocenters. The van der Waals surface area contributed by atoms with Crippen molar-refractivity contribution in [1.82, 2.24) is 0 Å². The summed E-state index contributed by atoms with van der Waals surface area (Å²) >= 11 is 16.1. The van der Waals surface area contributed by atoms with Gasteiger partial charge in [0.25, 0.3) is 0 Å². The Morgan fingerprint density at radius 1 is 0.467 bits per heavy atom. The Kier molecular flexibility index (Phi) is 4.36. The van der Waals surface area contributed by atoms with Crippen molar-refractivity contribution in [2.45, 2.75) is 0 Å². The summed E-state index contributed by atoms with van der Waals surface area (Å²) in [4.78, 5) is 0. The summed E-state index contributed by atoms with van der Waals surface area (Å²) in [5, 5.41) is 4.18. The Balaban J connectivity index is 1.50. The molecule has 144 valence electrons. The third-order valence-electron chi connectivity index (χ3n) is 5.40. The van der Waals surface area contributed by atoms with Crippen LogP contribution in [-0.2, 0) is 0 Å². The Bertz CT molecular complexity index is 1450. The van der Waals surface area contributed by atoms with E-state index in [1.54, 1.807) is 0 Å². The van der Waals surface area contributed by atoms with E-state index in [2.05, 4.69) is 48.5 Å². The molecule has 0 fully saturated rings. The molecule has 0 saturated heterocycles. The number of benzene rings is 4. The van der Waals surface area contributed by atoms with Crippen LogP contribution in [0.1, 0.15) is 0 Å². The highest BCUT2D eigenvalue weighted by molar-refractivity contribution is 7.36. The van der Waals surface area contributed by atoms with Gasteiger partial charge in [-0.3, -0.25) is 0 Å². The maximum absolute atomic E-state index is 6.19. The van der Waals surface area contributed by atoms with Crippen LogP contribution in [0.4, 0.5) is 0 Å². The quantitative estimate of drug-likeness (QED) is 0.241. The van der Waals surface area contributed by atoms with Crippen LogP contribution in [0.5, 0.6) is 0 Å². The van der Waals surface area contributed by atoms with E-state index in [1.807, 2.05) is 59.1 Å². The molecule has 0 nitrogen and oxygen atoms in total. The molecule has 0 amide bonds. The second kappa shape index (κ2) is 7.11.